The first-order valence-corrected chi connectivity index (χ1v) is 6.36. The van der Waals surface area contributed by atoms with Gasteiger partial charge in [0.05, 0.1) is 16.1 Å². The van der Waals surface area contributed by atoms with E-state index in [-0.39, 0.29) is 10.7 Å². The Bertz CT molecular complexity index is 555. The molecule has 0 radical (unpaired) electrons. The molecule has 4 nitrogen and oxygen atoms in total. The van der Waals surface area contributed by atoms with Crippen LogP contribution in [0, 0.1) is 10.1 Å². The molecule has 1 aromatic rings. The van der Waals surface area contributed by atoms with E-state index in [9.17, 15) is 28.1 Å². The quantitative estimate of drug-likeness (QED) is 0.625. The highest BCUT2D eigenvalue weighted by molar-refractivity contribution is 8.13. The zero-order valence-electron chi connectivity index (χ0n) is 10.3. The van der Waals surface area contributed by atoms with Crippen LogP contribution >= 0.6 is 11.8 Å². The lowest BCUT2D eigenvalue weighted by Crippen LogP contribution is -2.06. The zero-order chi connectivity index (χ0) is 15.3. The third-order valence-electron chi connectivity index (χ3n) is 2.23. The summed E-state index contributed by atoms with van der Waals surface area (Å²) in [7, 11) is 0. The summed E-state index contributed by atoms with van der Waals surface area (Å²) in [5.41, 5.74) is -1.63. The number of hydrogen-bond acceptors (Lipinski definition) is 4. The second kappa shape index (κ2) is 6.56. The van der Waals surface area contributed by atoms with Gasteiger partial charge in [-0.1, -0.05) is 23.9 Å². The van der Waals surface area contributed by atoms with Crippen LogP contribution in [0.25, 0.3) is 6.08 Å². The molecule has 0 aliphatic carbocycles. The molecule has 0 aliphatic heterocycles. The van der Waals surface area contributed by atoms with Crippen LogP contribution in [0.2, 0.25) is 0 Å². The van der Waals surface area contributed by atoms with Crippen LogP contribution < -0.4 is 0 Å². The number of halogens is 3. The fourth-order valence-corrected chi connectivity index (χ4v) is 1.79. The van der Waals surface area contributed by atoms with E-state index in [1.807, 2.05) is 0 Å². The first-order valence-electron chi connectivity index (χ1n) is 5.37. The van der Waals surface area contributed by atoms with E-state index in [4.69, 9.17) is 0 Å². The summed E-state index contributed by atoms with van der Waals surface area (Å²) >= 11 is 0.997. The van der Waals surface area contributed by atoms with Crippen LogP contribution in [0.15, 0.2) is 24.3 Å². The van der Waals surface area contributed by atoms with Crippen LogP contribution in [0.3, 0.4) is 0 Å². The molecular formula is C12H10F3NO3S. The van der Waals surface area contributed by atoms with Gasteiger partial charge in [-0.25, -0.2) is 0 Å². The molecule has 0 aliphatic rings. The highest BCUT2D eigenvalue weighted by atomic mass is 32.2. The van der Waals surface area contributed by atoms with E-state index in [0.717, 1.165) is 23.9 Å². The van der Waals surface area contributed by atoms with Crippen molar-refractivity contribution < 1.29 is 22.9 Å². The Kier molecular flexibility index (Phi) is 5.32. The normalized spacial score (nSPS) is 11.8. The molecule has 0 saturated heterocycles. The van der Waals surface area contributed by atoms with Crippen molar-refractivity contribution in [1.29, 1.82) is 0 Å². The molecule has 8 heteroatoms. The predicted octanol–water partition coefficient (Wildman–Crippen LogP) is 3.91. The molecule has 0 aromatic heterocycles. The van der Waals surface area contributed by atoms with E-state index in [1.165, 1.54) is 19.1 Å². The molecule has 20 heavy (non-hydrogen) atoms. The SMILES string of the molecule is CC(=O)SCC=Cc1ccc(C(F)(F)F)cc1[N+](=O)[O-]. The van der Waals surface area contributed by atoms with Crippen molar-refractivity contribution in [3.63, 3.8) is 0 Å². The Balaban J connectivity index is 3.02. The van der Waals surface area contributed by atoms with Crippen LogP contribution in [0.1, 0.15) is 18.1 Å². The van der Waals surface area contributed by atoms with E-state index in [0.29, 0.717) is 11.8 Å². The smallest absolute Gasteiger partial charge is 0.288 e. The molecule has 0 atom stereocenters. The average Bonchev–Trinajstić information content (AvgIpc) is 2.33. The maximum absolute atomic E-state index is 12.5. The minimum Gasteiger partial charge on any atom is -0.288 e. The summed E-state index contributed by atoms with van der Waals surface area (Å²) in [5.74, 6) is 0.299. The standard InChI is InChI=1S/C12H10F3NO3S/c1-8(17)20-6-2-3-9-4-5-10(12(13,14)15)7-11(9)16(18)19/h2-5,7H,6H2,1H3. The van der Waals surface area contributed by atoms with E-state index < -0.39 is 22.4 Å². The first kappa shape index (κ1) is 16.2. The summed E-state index contributed by atoms with van der Waals surface area (Å²) < 4.78 is 37.4. The molecule has 1 rings (SSSR count). The number of rotatable bonds is 4. The Morgan fingerprint density at radius 1 is 1.45 bits per heavy atom. The molecule has 0 N–H and O–H groups in total. The molecular weight excluding hydrogens is 295 g/mol. The maximum Gasteiger partial charge on any atom is 0.416 e. The second-order valence-corrected chi connectivity index (χ2v) is 4.93. The van der Waals surface area contributed by atoms with E-state index >= 15 is 0 Å². The molecule has 108 valence electrons. The zero-order valence-corrected chi connectivity index (χ0v) is 11.1. The summed E-state index contributed by atoms with van der Waals surface area (Å²) in [6.07, 6.45) is -1.81. The highest BCUT2D eigenvalue weighted by Crippen LogP contribution is 2.33. The Morgan fingerprint density at radius 3 is 2.60 bits per heavy atom. The van der Waals surface area contributed by atoms with Gasteiger partial charge in [0.1, 0.15) is 0 Å². The number of nitro benzene ring substituents is 1. The van der Waals surface area contributed by atoms with Gasteiger partial charge in [-0.2, -0.15) is 13.2 Å². The highest BCUT2D eigenvalue weighted by Gasteiger charge is 2.32. The van der Waals surface area contributed by atoms with Crippen LogP contribution in [-0.2, 0) is 11.0 Å². The van der Waals surface area contributed by atoms with Gasteiger partial charge in [0.15, 0.2) is 5.12 Å². The lowest BCUT2D eigenvalue weighted by molar-refractivity contribution is -0.385. The van der Waals surface area contributed by atoms with Crippen molar-refractivity contribution in [2.75, 3.05) is 5.75 Å². The van der Waals surface area contributed by atoms with Crippen LogP contribution in [0.5, 0.6) is 0 Å². The fourth-order valence-electron chi connectivity index (χ4n) is 1.36. The summed E-state index contributed by atoms with van der Waals surface area (Å²) in [6.45, 7) is 1.37. The van der Waals surface area contributed by atoms with Gasteiger partial charge in [0, 0.05) is 18.7 Å². The van der Waals surface area contributed by atoms with Gasteiger partial charge in [-0.05, 0) is 12.1 Å². The number of thioether (sulfide) groups is 1. The summed E-state index contributed by atoms with van der Waals surface area (Å²) in [4.78, 5) is 20.6. The number of carbonyl (C=O) groups excluding carboxylic acids is 1. The largest absolute Gasteiger partial charge is 0.416 e. The number of nitrogens with zero attached hydrogens (tertiary/aromatic N) is 1. The Morgan fingerprint density at radius 2 is 2.10 bits per heavy atom. The van der Waals surface area contributed by atoms with E-state index in [2.05, 4.69) is 0 Å². The number of alkyl halides is 3. The molecule has 0 spiro atoms. The lowest BCUT2D eigenvalue weighted by Gasteiger charge is -2.07. The van der Waals surface area contributed by atoms with Gasteiger partial charge >= 0.3 is 6.18 Å². The minimum absolute atomic E-state index is 0.0622. The van der Waals surface area contributed by atoms with Gasteiger partial charge in [-0.15, -0.1) is 0 Å². The Labute approximate surface area is 116 Å². The van der Waals surface area contributed by atoms with Crippen LogP contribution in [0.4, 0.5) is 18.9 Å². The first-order chi connectivity index (χ1) is 9.21. The minimum atomic E-state index is -4.63. The molecule has 0 heterocycles. The number of carbonyl (C=O) groups is 1. The van der Waals surface area contributed by atoms with Crippen molar-refractivity contribution >= 4 is 28.6 Å². The molecule has 0 amide bonds. The number of nitro groups is 1. The summed E-state index contributed by atoms with van der Waals surface area (Å²) in [6, 6.07) is 2.32. The van der Waals surface area contributed by atoms with Crippen molar-refractivity contribution in [1.82, 2.24) is 0 Å². The third kappa shape index (κ3) is 4.69. The lowest BCUT2D eigenvalue weighted by atomic mass is 10.1. The van der Waals surface area contributed by atoms with Crippen molar-refractivity contribution in [3.8, 4) is 0 Å². The molecule has 1 aromatic carbocycles. The average molecular weight is 305 g/mol. The molecule has 0 unspecified atom stereocenters. The second-order valence-electron chi connectivity index (χ2n) is 3.73. The monoisotopic (exact) mass is 305 g/mol. The molecule has 0 bridgehead atoms. The van der Waals surface area contributed by atoms with E-state index in [1.54, 1.807) is 0 Å². The maximum atomic E-state index is 12.5. The van der Waals surface area contributed by atoms with Gasteiger partial charge in [0.2, 0.25) is 0 Å². The van der Waals surface area contributed by atoms with Gasteiger partial charge in [-0.3, -0.25) is 14.9 Å². The Hall–Kier alpha value is -1.83. The third-order valence-corrected chi connectivity index (χ3v) is 3.00. The van der Waals surface area contributed by atoms with Crippen LogP contribution in [-0.4, -0.2) is 15.8 Å². The van der Waals surface area contributed by atoms with Gasteiger partial charge < -0.3 is 0 Å². The molecule has 0 saturated carbocycles. The predicted molar refractivity (Wildman–Crippen MR) is 70.3 cm³/mol. The molecule has 0 fully saturated rings. The van der Waals surface area contributed by atoms with Crippen molar-refractivity contribution in [3.05, 3.63) is 45.5 Å². The number of benzene rings is 1. The fraction of sp³-hybridized carbons (Fsp3) is 0.250. The van der Waals surface area contributed by atoms with Crippen molar-refractivity contribution in [2.24, 2.45) is 0 Å². The topological polar surface area (TPSA) is 60.2 Å². The summed E-state index contributed by atoms with van der Waals surface area (Å²) in [5, 5.41) is 10.7. The number of hydrogen-bond donors (Lipinski definition) is 0. The van der Waals surface area contributed by atoms with Gasteiger partial charge in [0.25, 0.3) is 5.69 Å². The van der Waals surface area contributed by atoms with Crippen molar-refractivity contribution in [2.45, 2.75) is 13.1 Å².